The number of hydrogen-bond donors (Lipinski definition) is 0. The fourth-order valence-corrected chi connectivity index (χ4v) is 1.63. The Labute approximate surface area is 108 Å². The van der Waals surface area contributed by atoms with E-state index in [2.05, 4.69) is 9.72 Å². The lowest BCUT2D eigenvalue weighted by Gasteiger charge is -2.09. The van der Waals surface area contributed by atoms with E-state index in [1.165, 1.54) is 18.5 Å². The van der Waals surface area contributed by atoms with Crippen LogP contribution in [0.2, 0.25) is 0 Å². The maximum atomic E-state index is 12.2. The van der Waals surface area contributed by atoms with Gasteiger partial charge in [-0.3, -0.25) is 9.78 Å². The molecular weight excluding hydrogens is 252 g/mol. The fraction of sp³-hybridized carbons (Fsp3) is 0.143. The third-order valence-corrected chi connectivity index (χ3v) is 2.61. The Balaban J connectivity index is 2.33. The zero-order chi connectivity index (χ0) is 13.8. The van der Waals surface area contributed by atoms with Gasteiger partial charge in [-0.2, -0.15) is 8.78 Å². The number of carbonyl (C=O) groups is 1. The van der Waals surface area contributed by atoms with Crippen LogP contribution >= 0.6 is 0 Å². The molecule has 3 nitrogen and oxygen atoms in total. The lowest BCUT2D eigenvalue weighted by molar-refractivity contribution is -0.0503. The molecule has 0 aliphatic rings. The SMILES string of the molecule is Cc1ccc(C(=O)c2ccncc2)cc1OC(F)F. The minimum Gasteiger partial charge on any atom is -0.435 e. The summed E-state index contributed by atoms with van der Waals surface area (Å²) in [6.45, 7) is -1.27. The van der Waals surface area contributed by atoms with Crippen molar-refractivity contribution in [2.24, 2.45) is 0 Å². The van der Waals surface area contributed by atoms with E-state index in [1.807, 2.05) is 0 Å². The molecule has 2 aromatic rings. The maximum Gasteiger partial charge on any atom is 0.387 e. The van der Waals surface area contributed by atoms with Crippen LogP contribution in [0.4, 0.5) is 8.78 Å². The Morgan fingerprint density at radius 1 is 1.16 bits per heavy atom. The average Bonchev–Trinajstić information content (AvgIpc) is 2.41. The van der Waals surface area contributed by atoms with Crippen LogP contribution in [-0.2, 0) is 0 Å². The fourth-order valence-electron chi connectivity index (χ4n) is 1.63. The highest BCUT2D eigenvalue weighted by Gasteiger charge is 2.13. The monoisotopic (exact) mass is 263 g/mol. The number of halogens is 2. The first kappa shape index (κ1) is 13.1. The van der Waals surface area contributed by atoms with Gasteiger partial charge in [0.05, 0.1) is 0 Å². The molecule has 98 valence electrons. The molecule has 0 aliphatic carbocycles. The molecule has 0 radical (unpaired) electrons. The highest BCUT2D eigenvalue weighted by Crippen LogP contribution is 2.23. The van der Waals surface area contributed by atoms with Gasteiger partial charge in [0.2, 0.25) is 0 Å². The van der Waals surface area contributed by atoms with Gasteiger partial charge in [-0.05, 0) is 30.7 Å². The number of pyridine rings is 1. The predicted octanol–water partition coefficient (Wildman–Crippen LogP) is 3.22. The minimum atomic E-state index is -2.91. The van der Waals surface area contributed by atoms with Gasteiger partial charge in [0, 0.05) is 23.5 Å². The third-order valence-electron chi connectivity index (χ3n) is 2.61. The first-order chi connectivity index (χ1) is 9.08. The zero-order valence-electron chi connectivity index (χ0n) is 10.1. The van der Waals surface area contributed by atoms with Crippen molar-refractivity contribution in [3.63, 3.8) is 0 Å². The van der Waals surface area contributed by atoms with Crippen molar-refractivity contribution >= 4 is 5.78 Å². The van der Waals surface area contributed by atoms with E-state index in [0.29, 0.717) is 16.7 Å². The van der Waals surface area contributed by atoms with E-state index in [1.54, 1.807) is 31.2 Å². The van der Waals surface area contributed by atoms with Crippen LogP contribution in [-0.4, -0.2) is 17.4 Å². The summed E-state index contributed by atoms with van der Waals surface area (Å²) in [6.07, 6.45) is 3.00. The maximum absolute atomic E-state index is 12.2. The van der Waals surface area contributed by atoms with Gasteiger partial charge in [-0.1, -0.05) is 12.1 Å². The van der Waals surface area contributed by atoms with E-state index in [-0.39, 0.29) is 11.5 Å². The van der Waals surface area contributed by atoms with Gasteiger partial charge in [0.15, 0.2) is 5.78 Å². The molecule has 0 fully saturated rings. The Kier molecular flexibility index (Phi) is 3.85. The lowest BCUT2D eigenvalue weighted by Crippen LogP contribution is -2.06. The summed E-state index contributed by atoms with van der Waals surface area (Å²) >= 11 is 0. The summed E-state index contributed by atoms with van der Waals surface area (Å²) < 4.78 is 28.9. The van der Waals surface area contributed by atoms with Crippen LogP contribution in [0.3, 0.4) is 0 Å². The molecule has 0 aliphatic heterocycles. The van der Waals surface area contributed by atoms with Crippen molar-refractivity contribution < 1.29 is 18.3 Å². The number of alkyl halides is 2. The number of benzene rings is 1. The Morgan fingerprint density at radius 3 is 2.47 bits per heavy atom. The van der Waals surface area contributed by atoms with Crippen molar-refractivity contribution in [2.75, 3.05) is 0 Å². The van der Waals surface area contributed by atoms with Crippen LogP contribution < -0.4 is 4.74 Å². The minimum absolute atomic E-state index is 0.00917. The van der Waals surface area contributed by atoms with Crippen molar-refractivity contribution in [3.8, 4) is 5.75 Å². The molecule has 1 aromatic heterocycles. The molecular formula is C14H11F2NO2. The molecule has 0 spiro atoms. The Morgan fingerprint density at radius 2 is 1.84 bits per heavy atom. The highest BCUT2D eigenvalue weighted by atomic mass is 19.3. The van der Waals surface area contributed by atoms with Crippen molar-refractivity contribution in [1.29, 1.82) is 0 Å². The molecule has 0 unspecified atom stereocenters. The standard InChI is InChI=1S/C14H11F2NO2/c1-9-2-3-11(8-12(9)19-14(15)16)13(18)10-4-6-17-7-5-10/h2-8,14H,1H3. The molecule has 0 saturated carbocycles. The van der Waals surface area contributed by atoms with E-state index in [0.717, 1.165) is 0 Å². The number of hydrogen-bond acceptors (Lipinski definition) is 3. The first-order valence-electron chi connectivity index (χ1n) is 5.58. The van der Waals surface area contributed by atoms with Crippen LogP contribution in [0.15, 0.2) is 42.7 Å². The van der Waals surface area contributed by atoms with E-state index >= 15 is 0 Å². The number of aryl methyl sites for hydroxylation is 1. The molecule has 0 bridgehead atoms. The van der Waals surface area contributed by atoms with Crippen LogP contribution in [0, 0.1) is 6.92 Å². The number of ether oxygens (including phenoxy) is 1. The van der Waals surface area contributed by atoms with Crippen LogP contribution in [0.5, 0.6) is 5.75 Å². The molecule has 0 amide bonds. The predicted molar refractivity (Wildman–Crippen MR) is 65.5 cm³/mol. The van der Waals surface area contributed by atoms with Crippen molar-refractivity contribution in [3.05, 3.63) is 59.4 Å². The second-order valence-corrected chi connectivity index (χ2v) is 3.92. The van der Waals surface area contributed by atoms with Gasteiger partial charge < -0.3 is 4.74 Å². The Bertz CT molecular complexity index is 585. The molecule has 0 saturated heterocycles. The average molecular weight is 263 g/mol. The van der Waals surface area contributed by atoms with Crippen molar-refractivity contribution in [2.45, 2.75) is 13.5 Å². The largest absolute Gasteiger partial charge is 0.435 e. The van der Waals surface area contributed by atoms with E-state index in [4.69, 9.17) is 0 Å². The topological polar surface area (TPSA) is 39.2 Å². The molecule has 19 heavy (non-hydrogen) atoms. The quantitative estimate of drug-likeness (QED) is 0.795. The van der Waals surface area contributed by atoms with Gasteiger partial charge in [0.1, 0.15) is 5.75 Å². The van der Waals surface area contributed by atoms with Gasteiger partial charge in [0.25, 0.3) is 0 Å². The van der Waals surface area contributed by atoms with Crippen LogP contribution in [0.25, 0.3) is 0 Å². The molecule has 2 rings (SSSR count). The first-order valence-corrected chi connectivity index (χ1v) is 5.58. The number of nitrogens with zero attached hydrogens (tertiary/aromatic N) is 1. The van der Waals surface area contributed by atoms with Gasteiger partial charge in [-0.15, -0.1) is 0 Å². The lowest BCUT2D eigenvalue weighted by atomic mass is 10.0. The third kappa shape index (κ3) is 3.13. The summed E-state index contributed by atoms with van der Waals surface area (Å²) in [5.74, 6) is -0.253. The van der Waals surface area contributed by atoms with Crippen LogP contribution in [0.1, 0.15) is 21.5 Å². The Hall–Kier alpha value is -2.30. The molecule has 0 atom stereocenters. The summed E-state index contributed by atoms with van der Waals surface area (Å²) in [5.41, 5.74) is 1.29. The number of carbonyl (C=O) groups excluding carboxylic acids is 1. The normalized spacial score (nSPS) is 10.5. The molecule has 1 heterocycles. The number of rotatable bonds is 4. The van der Waals surface area contributed by atoms with Gasteiger partial charge in [-0.25, -0.2) is 0 Å². The van der Waals surface area contributed by atoms with E-state index in [9.17, 15) is 13.6 Å². The number of aromatic nitrogens is 1. The highest BCUT2D eigenvalue weighted by molar-refractivity contribution is 6.09. The van der Waals surface area contributed by atoms with E-state index < -0.39 is 6.61 Å². The summed E-state index contributed by atoms with van der Waals surface area (Å²) in [4.78, 5) is 15.9. The summed E-state index contributed by atoms with van der Waals surface area (Å²) in [6, 6.07) is 7.61. The second kappa shape index (κ2) is 5.56. The number of ketones is 1. The second-order valence-electron chi connectivity index (χ2n) is 3.92. The molecule has 0 N–H and O–H groups in total. The van der Waals surface area contributed by atoms with Crippen molar-refractivity contribution in [1.82, 2.24) is 4.98 Å². The zero-order valence-corrected chi connectivity index (χ0v) is 10.1. The molecule has 5 heteroatoms. The molecule has 1 aromatic carbocycles. The smallest absolute Gasteiger partial charge is 0.387 e. The summed E-state index contributed by atoms with van der Waals surface area (Å²) in [5, 5.41) is 0. The van der Waals surface area contributed by atoms with Gasteiger partial charge >= 0.3 is 6.61 Å². The summed E-state index contributed by atoms with van der Waals surface area (Å²) in [7, 11) is 0.